The fourth-order valence-corrected chi connectivity index (χ4v) is 3.35. The summed E-state index contributed by atoms with van der Waals surface area (Å²) in [4.78, 5) is 13.5. The van der Waals surface area contributed by atoms with Crippen LogP contribution in [-0.4, -0.2) is 22.0 Å². The first-order valence-corrected chi connectivity index (χ1v) is 7.88. The van der Waals surface area contributed by atoms with E-state index in [1.54, 1.807) is 0 Å². The number of carbonyl (C=O) groups is 1. The Morgan fingerprint density at radius 1 is 1.33 bits per heavy atom. The van der Waals surface area contributed by atoms with Gasteiger partial charge in [-0.3, -0.25) is 4.79 Å². The molecule has 0 amide bonds. The van der Waals surface area contributed by atoms with Crippen molar-refractivity contribution in [3.8, 4) is 5.75 Å². The number of nitrogens with zero attached hydrogens (tertiary/aromatic N) is 2. The lowest BCUT2D eigenvalue weighted by Crippen LogP contribution is -2.18. The Balaban J connectivity index is 2.06. The topological polar surface area (TPSA) is 52.1 Å². The summed E-state index contributed by atoms with van der Waals surface area (Å²) < 4.78 is 9.72. The van der Waals surface area contributed by atoms with Crippen molar-refractivity contribution in [2.45, 2.75) is 39.0 Å². The van der Waals surface area contributed by atoms with Gasteiger partial charge in [0.25, 0.3) is 0 Å². The molecule has 1 aliphatic rings. The average Bonchev–Trinajstić information content (AvgIpc) is 2.95. The zero-order chi connectivity index (χ0) is 15.0. The van der Waals surface area contributed by atoms with Crippen molar-refractivity contribution in [2.24, 2.45) is 0 Å². The maximum absolute atomic E-state index is 12.9. The number of para-hydroxylation sites is 1. The van der Waals surface area contributed by atoms with Crippen molar-refractivity contribution in [2.75, 3.05) is 6.61 Å². The third-order valence-corrected chi connectivity index (χ3v) is 4.31. The smallest absolute Gasteiger partial charge is 0.210 e. The van der Waals surface area contributed by atoms with Gasteiger partial charge in [-0.1, -0.05) is 37.4 Å². The van der Waals surface area contributed by atoms with Crippen LogP contribution in [0, 0.1) is 0 Å². The standard InChI is InChI=1S/C16H18N2O2S/c1-16(2,3)15-14(21-18-17-15)12(19)11-8-4-6-10-7-5-9-20-13(10)11/h4,6,8H,5,7,9H2,1-3H3. The molecule has 2 aromatic rings. The first-order valence-electron chi connectivity index (χ1n) is 7.10. The molecule has 5 heteroatoms. The van der Waals surface area contributed by atoms with E-state index >= 15 is 0 Å². The maximum atomic E-state index is 12.9. The van der Waals surface area contributed by atoms with Gasteiger partial charge in [0.15, 0.2) is 0 Å². The number of hydrogen-bond donors (Lipinski definition) is 0. The van der Waals surface area contributed by atoms with Crippen LogP contribution in [-0.2, 0) is 11.8 Å². The van der Waals surface area contributed by atoms with E-state index in [0.717, 1.165) is 41.4 Å². The summed E-state index contributed by atoms with van der Waals surface area (Å²) in [7, 11) is 0. The molecule has 0 aliphatic carbocycles. The lowest BCUT2D eigenvalue weighted by molar-refractivity contribution is 0.103. The monoisotopic (exact) mass is 302 g/mol. The number of carbonyl (C=O) groups excluding carboxylic acids is 1. The first-order chi connectivity index (χ1) is 9.98. The SMILES string of the molecule is CC(C)(C)c1nnsc1C(=O)c1cccc2c1OCCC2. The fraction of sp³-hybridized carbons (Fsp3) is 0.438. The van der Waals surface area contributed by atoms with E-state index < -0.39 is 0 Å². The van der Waals surface area contributed by atoms with Crippen LogP contribution >= 0.6 is 11.5 Å². The van der Waals surface area contributed by atoms with E-state index in [0.29, 0.717) is 17.0 Å². The van der Waals surface area contributed by atoms with Crippen LogP contribution in [0.4, 0.5) is 0 Å². The average molecular weight is 302 g/mol. The molecule has 1 aliphatic heterocycles. The van der Waals surface area contributed by atoms with Crippen molar-refractivity contribution in [3.05, 3.63) is 39.9 Å². The largest absolute Gasteiger partial charge is 0.493 e. The number of ketones is 1. The quantitative estimate of drug-likeness (QED) is 0.798. The van der Waals surface area contributed by atoms with Gasteiger partial charge in [0.1, 0.15) is 10.6 Å². The van der Waals surface area contributed by atoms with Gasteiger partial charge in [-0.05, 0) is 36.0 Å². The molecule has 4 nitrogen and oxygen atoms in total. The second kappa shape index (κ2) is 5.22. The second-order valence-corrected chi connectivity index (χ2v) is 7.03. The van der Waals surface area contributed by atoms with E-state index in [2.05, 4.69) is 9.59 Å². The molecule has 0 radical (unpaired) electrons. The molecular weight excluding hydrogens is 284 g/mol. The lowest BCUT2D eigenvalue weighted by atomic mass is 9.89. The molecular formula is C16H18N2O2S. The van der Waals surface area contributed by atoms with Crippen LogP contribution in [0.1, 0.15) is 53.7 Å². The Morgan fingerprint density at radius 3 is 2.90 bits per heavy atom. The molecule has 0 atom stereocenters. The van der Waals surface area contributed by atoms with E-state index in [1.807, 2.05) is 39.0 Å². The Bertz CT molecular complexity index is 686. The zero-order valence-corrected chi connectivity index (χ0v) is 13.3. The van der Waals surface area contributed by atoms with Crippen molar-refractivity contribution < 1.29 is 9.53 Å². The summed E-state index contributed by atoms with van der Waals surface area (Å²) in [6.07, 6.45) is 1.96. The molecule has 0 unspecified atom stereocenters. The van der Waals surface area contributed by atoms with E-state index in [9.17, 15) is 4.79 Å². The van der Waals surface area contributed by atoms with Gasteiger partial charge >= 0.3 is 0 Å². The highest BCUT2D eigenvalue weighted by molar-refractivity contribution is 7.08. The minimum Gasteiger partial charge on any atom is -0.493 e. The summed E-state index contributed by atoms with van der Waals surface area (Å²) in [5, 5.41) is 4.15. The Morgan fingerprint density at radius 2 is 2.14 bits per heavy atom. The predicted octanol–water partition coefficient (Wildman–Crippen LogP) is 3.39. The molecule has 1 aromatic carbocycles. The molecule has 3 rings (SSSR count). The fourth-order valence-electron chi connectivity index (χ4n) is 2.52. The molecule has 110 valence electrons. The van der Waals surface area contributed by atoms with Gasteiger partial charge in [0.05, 0.1) is 17.9 Å². The van der Waals surface area contributed by atoms with Gasteiger partial charge < -0.3 is 4.74 Å². The normalized spacial score (nSPS) is 14.4. The van der Waals surface area contributed by atoms with Crippen LogP contribution < -0.4 is 4.74 Å². The summed E-state index contributed by atoms with van der Waals surface area (Å²) in [6, 6.07) is 5.78. The highest BCUT2D eigenvalue weighted by Gasteiger charge is 2.29. The number of benzene rings is 1. The Labute approximate surface area is 128 Å². The predicted molar refractivity (Wildman–Crippen MR) is 82.3 cm³/mol. The highest BCUT2D eigenvalue weighted by Crippen LogP contribution is 2.33. The van der Waals surface area contributed by atoms with Gasteiger partial charge in [-0.15, -0.1) is 5.10 Å². The lowest BCUT2D eigenvalue weighted by Gasteiger charge is -2.20. The number of ether oxygens (including phenoxy) is 1. The van der Waals surface area contributed by atoms with Gasteiger partial charge in [0, 0.05) is 5.41 Å². The maximum Gasteiger partial charge on any atom is 0.210 e. The first kappa shape index (κ1) is 14.2. The molecule has 0 fully saturated rings. The molecule has 2 heterocycles. The highest BCUT2D eigenvalue weighted by atomic mass is 32.1. The van der Waals surface area contributed by atoms with Gasteiger partial charge in [-0.2, -0.15) is 0 Å². The van der Waals surface area contributed by atoms with Crippen molar-refractivity contribution in [1.29, 1.82) is 0 Å². The molecule has 0 saturated heterocycles. The third kappa shape index (κ3) is 2.58. The number of fused-ring (bicyclic) bond motifs is 1. The van der Waals surface area contributed by atoms with Crippen LogP contribution in [0.25, 0.3) is 0 Å². The van der Waals surface area contributed by atoms with E-state index in [1.165, 1.54) is 0 Å². The molecule has 21 heavy (non-hydrogen) atoms. The van der Waals surface area contributed by atoms with Crippen molar-refractivity contribution in [3.63, 3.8) is 0 Å². The van der Waals surface area contributed by atoms with E-state index in [-0.39, 0.29) is 11.2 Å². The summed E-state index contributed by atoms with van der Waals surface area (Å²) in [5.74, 6) is 0.704. The molecule has 0 spiro atoms. The van der Waals surface area contributed by atoms with Gasteiger partial charge in [-0.25, -0.2) is 0 Å². The van der Waals surface area contributed by atoms with Crippen LogP contribution in [0.15, 0.2) is 18.2 Å². The summed E-state index contributed by atoms with van der Waals surface area (Å²) >= 11 is 1.16. The summed E-state index contributed by atoms with van der Waals surface area (Å²) in [5.41, 5.74) is 2.30. The van der Waals surface area contributed by atoms with Gasteiger partial charge in [0.2, 0.25) is 5.78 Å². The molecule has 0 saturated carbocycles. The number of rotatable bonds is 2. The molecule has 0 N–H and O–H groups in total. The number of hydrogen-bond acceptors (Lipinski definition) is 5. The minimum atomic E-state index is -0.201. The third-order valence-electron chi connectivity index (χ3n) is 3.58. The second-order valence-electron chi connectivity index (χ2n) is 6.28. The zero-order valence-electron chi connectivity index (χ0n) is 12.5. The molecule has 1 aromatic heterocycles. The van der Waals surface area contributed by atoms with Crippen LogP contribution in [0.2, 0.25) is 0 Å². The van der Waals surface area contributed by atoms with Crippen molar-refractivity contribution in [1.82, 2.24) is 9.59 Å². The van der Waals surface area contributed by atoms with Crippen LogP contribution in [0.5, 0.6) is 5.75 Å². The van der Waals surface area contributed by atoms with E-state index in [4.69, 9.17) is 4.74 Å². The van der Waals surface area contributed by atoms with Crippen LogP contribution in [0.3, 0.4) is 0 Å². The Hall–Kier alpha value is -1.75. The minimum absolute atomic E-state index is 0.0336. The Kier molecular flexibility index (Phi) is 3.53. The van der Waals surface area contributed by atoms with Crippen molar-refractivity contribution >= 4 is 17.3 Å². The molecule has 0 bridgehead atoms. The number of aromatic nitrogens is 2. The summed E-state index contributed by atoms with van der Waals surface area (Å²) in [6.45, 7) is 6.79. The number of aryl methyl sites for hydroxylation is 1.